The molecule has 9 nitrogen and oxygen atoms in total. The molecule has 0 spiro atoms. The number of benzene rings is 1. The van der Waals surface area contributed by atoms with Gasteiger partial charge in [-0.2, -0.15) is 5.26 Å². The molecule has 204 valence electrons. The molecule has 0 unspecified atom stereocenters. The number of ether oxygens (including phenoxy) is 1. The molecule has 1 atom stereocenters. The van der Waals surface area contributed by atoms with Crippen molar-refractivity contribution in [2.24, 2.45) is 0 Å². The number of H-pyrrole nitrogens is 1. The first-order chi connectivity index (χ1) is 18.4. The predicted octanol–water partition coefficient (Wildman–Crippen LogP) is 5.22. The molecule has 2 aliphatic rings. The Bertz CT molecular complexity index is 1520. The zero-order valence-corrected chi connectivity index (χ0v) is 24.5. The van der Waals surface area contributed by atoms with Crippen LogP contribution in [-0.2, 0) is 27.6 Å². The molecule has 0 saturated carbocycles. The fourth-order valence-corrected chi connectivity index (χ4v) is 5.83. The molecular formula is C29H36N6O3Si. The largest absolute Gasteiger partial charge is 0.416 e. The lowest BCUT2D eigenvalue weighted by Crippen LogP contribution is -2.45. The van der Waals surface area contributed by atoms with Crippen molar-refractivity contribution in [3.05, 3.63) is 63.2 Å². The third-order valence-electron chi connectivity index (χ3n) is 8.29. The van der Waals surface area contributed by atoms with E-state index >= 15 is 0 Å². The fraction of sp³-hybridized carbons (Fsp3) is 0.448. The number of hydrogen-bond acceptors (Lipinski definition) is 8. The molecule has 10 heteroatoms. The lowest BCUT2D eigenvalue weighted by atomic mass is 9.83. The van der Waals surface area contributed by atoms with Crippen molar-refractivity contribution < 1.29 is 9.16 Å². The molecule has 39 heavy (non-hydrogen) atoms. The Morgan fingerprint density at radius 2 is 2.08 bits per heavy atom. The molecule has 3 aromatic rings. The van der Waals surface area contributed by atoms with E-state index in [2.05, 4.69) is 73.5 Å². The van der Waals surface area contributed by atoms with E-state index in [1.54, 1.807) is 12.3 Å². The van der Waals surface area contributed by atoms with E-state index in [1.165, 1.54) is 0 Å². The zero-order chi connectivity index (χ0) is 28.0. The minimum atomic E-state index is -1.96. The van der Waals surface area contributed by atoms with Crippen molar-refractivity contribution in [2.45, 2.75) is 64.3 Å². The van der Waals surface area contributed by atoms with Crippen LogP contribution >= 0.6 is 0 Å². The van der Waals surface area contributed by atoms with Crippen molar-refractivity contribution in [3.8, 4) is 17.3 Å². The standard InChI is InChI=1S/C29H36N6O3Si/c1-28(2,3)39(5,6)38-17-29(4)16-32-25-19(14-30)11-18(12-21(25)29)22-7-9-31-27(34-22)35-24-13-20-15-37-10-8-23(20)33-26(24)36/h7,9,11-13,32H,8,10,15-17H2,1-6H3,(H,33,36)(H,31,34,35)/t29-/m1/s1. The third-order valence-corrected chi connectivity index (χ3v) is 12.8. The number of rotatable bonds is 6. The Balaban J connectivity index is 1.46. The van der Waals surface area contributed by atoms with E-state index in [9.17, 15) is 10.1 Å². The highest BCUT2D eigenvalue weighted by atomic mass is 28.4. The third kappa shape index (κ3) is 5.22. The van der Waals surface area contributed by atoms with Gasteiger partial charge in [0.25, 0.3) is 5.56 Å². The van der Waals surface area contributed by atoms with Gasteiger partial charge in [-0.05, 0) is 53.5 Å². The van der Waals surface area contributed by atoms with E-state index in [0.29, 0.717) is 55.7 Å². The van der Waals surface area contributed by atoms with E-state index < -0.39 is 8.32 Å². The number of nitrogens with one attached hydrogen (secondary N) is 3. The SMILES string of the molecule is CC(C)(C)[Si](C)(C)OC[C@@]1(C)CNc2c(C#N)cc(-c3ccnc(Nc4cc5c([nH]c4=O)CCOC5)n3)cc21. The van der Waals surface area contributed by atoms with Gasteiger partial charge in [-0.25, -0.2) is 9.97 Å². The number of hydrogen-bond donors (Lipinski definition) is 3. The van der Waals surface area contributed by atoms with Gasteiger partial charge in [0.15, 0.2) is 8.32 Å². The van der Waals surface area contributed by atoms with Crippen LogP contribution in [0.1, 0.15) is 50.1 Å². The molecule has 3 N–H and O–H groups in total. The van der Waals surface area contributed by atoms with E-state index in [4.69, 9.17) is 14.1 Å². The molecule has 4 heterocycles. The van der Waals surface area contributed by atoms with E-state index in [-0.39, 0.29) is 16.0 Å². The minimum Gasteiger partial charge on any atom is -0.416 e. The van der Waals surface area contributed by atoms with Gasteiger partial charge >= 0.3 is 0 Å². The Hall–Kier alpha value is -3.52. The predicted molar refractivity (Wildman–Crippen MR) is 155 cm³/mol. The van der Waals surface area contributed by atoms with Crippen LogP contribution in [-0.4, -0.2) is 43.0 Å². The fourth-order valence-electron chi connectivity index (χ4n) is 4.72. The molecule has 0 bridgehead atoms. The molecular weight excluding hydrogens is 508 g/mol. The minimum absolute atomic E-state index is 0.106. The summed E-state index contributed by atoms with van der Waals surface area (Å²) >= 11 is 0. The Kier molecular flexibility index (Phi) is 6.87. The number of anilines is 3. The Morgan fingerprint density at radius 1 is 1.28 bits per heavy atom. The maximum Gasteiger partial charge on any atom is 0.271 e. The van der Waals surface area contributed by atoms with Crippen molar-refractivity contribution in [3.63, 3.8) is 0 Å². The second-order valence-corrected chi connectivity index (χ2v) is 17.0. The molecule has 0 aliphatic carbocycles. The van der Waals surface area contributed by atoms with Gasteiger partial charge in [-0.3, -0.25) is 4.79 Å². The number of aromatic nitrogens is 3. The molecule has 5 rings (SSSR count). The molecule has 1 aromatic carbocycles. The topological polar surface area (TPSA) is 125 Å². The van der Waals surface area contributed by atoms with Crippen LogP contribution in [0, 0.1) is 11.3 Å². The first kappa shape index (κ1) is 27.1. The average molecular weight is 545 g/mol. The van der Waals surface area contributed by atoms with Gasteiger partial charge in [0.05, 0.1) is 30.2 Å². The molecule has 2 aromatic heterocycles. The lowest BCUT2D eigenvalue weighted by molar-refractivity contribution is 0.109. The monoisotopic (exact) mass is 544 g/mol. The highest BCUT2D eigenvalue weighted by Crippen LogP contribution is 2.44. The molecule has 0 saturated heterocycles. The van der Waals surface area contributed by atoms with Crippen LogP contribution in [0.4, 0.5) is 17.3 Å². The van der Waals surface area contributed by atoms with Crippen molar-refractivity contribution in [1.29, 1.82) is 5.26 Å². The van der Waals surface area contributed by atoms with Crippen LogP contribution in [0.15, 0.2) is 35.3 Å². The van der Waals surface area contributed by atoms with Crippen LogP contribution in [0.5, 0.6) is 0 Å². The second-order valence-electron chi connectivity index (χ2n) is 12.2. The maximum atomic E-state index is 12.7. The number of nitrogens with zero attached hydrogens (tertiary/aromatic N) is 3. The summed E-state index contributed by atoms with van der Waals surface area (Å²) in [5.41, 5.74) is 5.64. The molecule has 0 fully saturated rings. The van der Waals surface area contributed by atoms with E-state index in [1.807, 2.05) is 12.1 Å². The summed E-state index contributed by atoms with van der Waals surface area (Å²) in [6.07, 6.45) is 2.34. The first-order valence-electron chi connectivity index (χ1n) is 13.3. The number of fused-ring (bicyclic) bond motifs is 2. The quantitative estimate of drug-likeness (QED) is 0.361. The zero-order valence-electron chi connectivity index (χ0n) is 23.5. The summed E-state index contributed by atoms with van der Waals surface area (Å²) in [5.74, 6) is 0.302. The van der Waals surface area contributed by atoms with Gasteiger partial charge in [-0.15, -0.1) is 0 Å². The maximum absolute atomic E-state index is 12.7. The highest BCUT2D eigenvalue weighted by Gasteiger charge is 2.42. The van der Waals surface area contributed by atoms with Crippen molar-refractivity contribution in [1.82, 2.24) is 15.0 Å². The first-order valence-corrected chi connectivity index (χ1v) is 16.2. The molecule has 0 radical (unpaired) electrons. The number of pyridine rings is 1. The summed E-state index contributed by atoms with van der Waals surface area (Å²) in [4.78, 5) is 24.6. The average Bonchev–Trinajstić information content (AvgIpc) is 3.24. The van der Waals surface area contributed by atoms with Crippen molar-refractivity contribution >= 4 is 25.6 Å². The van der Waals surface area contributed by atoms with Gasteiger partial charge in [0.1, 0.15) is 11.8 Å². The lowest BCUT2D eigenvalue weighted by Gasteiger charge is -2.39. The van der Waals surface area contributed by atoms with Crippen LogP contribution in [0.2, 0.25) is 18.1 Å². The van der Waals surface area contributed by atoms with Crippen LogP contribution in [0.25, 0.3) is 11.3 Å². The Labute approximate surface area is 230 Å². The van der Waals surface area contributed by atoms with Gasteiger partial charge in [0.2, 0.25) is 5.95 Å². The second kappa shape index (κ2) is 9.90. The van der Waals surface area contributed by atoms with E-state index in [0.717, 1.165) is 28.1 Å². The Morgan fingerprint density at radius 3 is 2.82 bits per heavy atom. The number of nitriles is 1. The molecule has 0 amide bonds. The summed E-state index contributed by atoms with van der Waals surface area (Å²) in [7, 11) is -1.96. The summed E-state index contributed by atoms with van der Waals surface area (Å²) in [6.45, 7) is 15.7. The number of aromatic amines is 1. The molecule has 2 aliphatic heterocycles. The van der Waals surface area contributed by atoms with Gasteiger partial charge in [-0.1, -0.05) is 27.7 Å². The summed E-state index contributed by atoms with van der Waals surface area (Å²) < 4.78 is 12.2. The van der Waals surface area contributed by atoms with Gasteiger partial charge < -0.3 is 24.8 Å². The van der Waals surface area contributed by atoms with Crippen LogP contribution < -0.4 is 16.2 Å². The van der Waals surface area contributed by atoms with Crippen molar-refractivity contribution in [2.75, 3.05) is 30.4 Å². The normalized spacial score (nSPS) is 18.6. The van der Waals surface area contributed by atoms with Crippen LogP contribution in [0.3, 0.4) is 0 Å². The summed E-state index contributed by atoms with van der Waals surface area (Å²) in [5, 5.41) is 16.6. The van der Waals surface area contributed by atoms with Gasteiger partial charge in [0, 0.05) is 42.4 Å². The summed E-state index contributed by atoms with van der Waals surface area (Å²) in [6, 6.07) is 9.91. The smallest absolute Gasteiger partial charge is 0.271 e. The highest BCUT2D eigenvalue weighted by molar-refractivity contribution is 6.74.